The van der Waals surface area contributed by atoms with Crippen molar-refractivity contribution < 1.29 is 19.1 Å². The van der Waals surface area contributed by atoms with Crippen molar-refractivity contribution in [3.05, 3.63) is 101 Å². The average Bonchev–Trinajstić information content (AvgIpc) is 3.90. The maximum Gasteiger partial charge on any atom is 0.268 e. The van der Waals surface area contributed by atoms with Gasteiger partial charge in [0, 0.05) is 51.4 Å². The van der Waals surface area contributed by atoms with Crippen molar-refractivity contribution in [2.24, 2.45) is 5.92 Å². The molecule has 6 aromatic rings. The van der Waals surface area contributed by atoms with E-state index in [0.717, 1.165) is 64.1 Å². The second-order valence-corrected chi connectivity index (χ2v) is 16.8. The highest BCUT2D eigenvalue weighted by Crippen LogP contribution is 2.58. The van der Waals surface area contributed by atoms with E-state index in [1.165, 1.54) is 16.7 Å². The van der Waals surface area contributed by atoms with E-state index >= 15 is 0 Å². The first-order chi connectivity index (χ1) is 26.9. The smallest absolute Gasteiger partial charge is 0.268 e. The van der Waals surface area contributed by atoms with E-state index in [-0.39, 0.29) is 53.7 Å². The Kier molecular flexibility index (Phi) is 9.93. The summed E-state index contributed by atoms with van der Waals surface area (Å²) in [6.07, 6.45) is 3.68. The maximum atomic E-state index is 13.9. The van der Waals surface area contributed by atoms with E-state index < -0.39 is 0 Å². The summed E-state index contributed by atoms with van der Waals surface area (Å²) >= 11 is 0. The minimum atomic E-state index is -0.129. The number of H-pyrrole nitrogens is 2. The van der Waals surface area contributed by atoms with Crippen LogP contribution in [0.15, 0.2) is 66.7 Å². The van der Waals surface area contributed by atoms with Gasteiger partial charge in [0.2, 0.25) is 0 Å². The molecule has 0 saturated heterocycles. The van der Waals surface area contributed by atoms with E-state index in [1.807, 2.05) is 59.7 Å². The average molecular weight is 755 g/mol. The van der Waals surface area contributed by atoms with Gasteiger partial charge < -0.3 is 35.2 Å². The summed E-state index contributed by atoms with van der Waals surface area (Å²) < 4.78 is 8.43. The van der Waals surface area contributed by atoms with Crippen LogP contribution in [-0.4, -0.2) is 57.0 Å². The fraction of sp³-hybridized carbons (Fsp3) is 0.413. The summed E-state index contributed by atoms with van der Waals surface area (Å²) in [5.41, 5.74) is 8.41. The summed E-state index contributed by atoms with van der Waals surface area (Å²) in [7, 11) is 0. The lowest BCUT2D eigenvalue weighted by Crippen LogP contribution is -2.31. The quantitative estimate of drug-likeness (QED) is 0.0760. The first-order valence-electron chi connectivity index (χ1n) is 20.4. The van der Waals surface area contributed by atoms with E-state index in [4.69, 9.17) is 4.74 Å². The number of benzene rings is 3. The lowest BCUT2D eigenvalue weighted by atomic mass is 9.99. The summed E-state index contributed by atoms with van der Waals surface area (Å²) in [5, 5.41) is 12.3. The number of fused-ring (bicyclic) bond motifs is 3. The summed E-state index contributed by atoms with van der Waals surface area (Å²) in [6, 6.07) is 23.2. The standard InChI is InChI=1S/C46H54N6O4/c1-8-17-56-42-16-15-30(43-35(42)22-38(51-43)45(54)48-25(4)5)33-20-32(33)29-12-10-14-39-34(29)23-41(46(55)49-26(6)7)52(39)40-19-28(40)18-27-11-9-13-36-31(27)21-37(50-36)44(53)47-24(2)3/h9-16,21-26,28,32-33,40,50-51H,8,17-20H2,1-7H3,(H,47,53)(H,48,54)(H,49,55). The van der Waals surface area contributed by atoms with Crippen LogP contribution in [0.4, 0.5) is 0 Å². The van der Waals surface area contributed by atoms with Gasteiger partial charge in [0.1, 0.15) is 22.8 Å². The topological polar surface area (TPSA) is 133 Å². The molecule has 2 aliphatic carbocycles. The van der Waals surface area contributed by atoms with Crippen molar-refractivity contribution in [3.63, 3.8) is 0 Å². The van der Waals surface area contributed by atoms with Crippen molar-refractivity contribution >= 4 is 50.4 Å². The Morgan fingerprint density at radius 2 is 1.39 bits per heavy atom. The fourth-order valence-electron chi connectivity index (χ4n) is 8.58. The Morgan fingerprint density at radius 3 is 2.11 bits per heavy atom. The highest BCUT2D eigenvalue weighted by Gasteiger charge is 2.44. The Bertz CT molecular complexity index is 2470. The van der Waals surface area contributed by atoms with Crippen LogP contribution in [0.2, 0.25) is 0 Å². The molecule has 3 amide bonds. The zero-order valence-electron chi connectivity index (χ0n) is 33.5. The van der Waals surface area contributed by atoms with Crippen LogP contribution in [-0.2, 0) is 6.42 Å². The van der Waals surface area contributed by atoms with Gasteiger partial charge >= 0.3 is 0 Å². The second kappa shape index (κ2) is 14.9. The predicted octanol–water partition coefficient (Wildman–Crippen LogP) is 8.88. The minimum Gasteiger partial charge on any atom is -0.493 e. The largest absolute Gasteiger partial charge is 0.493 e. The van der Waals surface area contributed by atoms with Gasteiger partial charge in [0.15, 0.2) is 0 Å². The molecule has 3 aromatic carbocycles. The van der Waals surface area contributed by atoms with Crippen LogP contribution in [0.3, 0.4) is 0 Å². The molecule has 10 heteroatoms. The monoisotopic (exact) mass is 754 g/mol. The Morgan fingerprint density at radius 1 is 0.732 bits per heavy atom. The Hall–Kier alpha value is -5.51. The lowest BCUT2D eigenvalue weighted by molar-refractivity contribution is 0.0927. The second-order valence-electron chi connectivity index (χ2n) is 16.8. The van der Waals surface area contributed by atoms with Gasteiger partial charge in [-0.3, -0.25) is 14.4 Å². The molecule has 3 aromatic heterocycles. The van der Waals surface area contributed by atoms with Gasteiger partial charge in [-0.05, 0) is 138 Å². The molecule has 10 nitrogen and oxygen atoms in total. The molecular formula is C46H54N6O4. The number of aromatic nitrogens is 3. The zero-order valence-corrected chi connectivity index (χ0v) is 33.5. The SMILES string of the molecule is CCCOc1ccc(C2CC2c2cccc3c2cc(C(=O)NC(C)C)n3C2CC2Cc2cccc3[nH]c(C(=O)NC(C)C)cc23)c2[nH]c(C(=O)NC(C)C)cc12. The van der Waals surface area contributed by atoms with Crippen molar-refractivity contribution in [3.8, 4) is 5.75 Å². The van der Waals surface area contributed by atoms with E-state index in [1.54, 1.807) is 0 Å². The van der Waals surface area contributed by atoms with Crippen LogP contribution in [0.5, 0.6) is 5.75 Å². The van der Waals surface area contributed by atoms with Gasteiger partial charge in [-0.15, -0.1) is 0 Å². The summed E-state index contributed by atoms with van der Waals surface area (Å²) in [6.45, 7) is 14.5. The molecule has 0 aliphatic heterocycles. The number of rotatable bonds is 14. The minimum absolute atomic E-state index is 0.00419. The molecule has 4 unspecified atom stereocenters. The molecule has 0 spiro atoms. The number of hydrogen-bond donors (Lipinski definition) is 5. The Labute approximate surface area is 328 Å². The Balaban J connectivity index is 1.11. The molecule has 2 saturated carbocycles. The molecule has 0 radical (unpaired) electrons. The molecule has 2 fully saturated rings. The third-order valence-electron chi connectivity index (χ3n) is 11.2. The number of hydrogen-bond acceptors (Lipinski definition) is 4. The normalized spacial score (nSPS) is 19.0. The van der Waals surface area contributed by atoms with E-state index in [0.29, 0.717) is 29.6 Å². The maximum absolute atomic E-state index is 13.9. The molecular weight excluding hydrogens is 701 g/mol. The summed E-state index contributed by atoms with van der Waals surface area (Å²) in [5.74, 6) is 1.36. The van der Waals surface area contributed by atoms with Crippen LogP contribution in [0.1, 0.15) is 134 Å². The van der Waals surface area contributed by atoms with Crippen LogP contribution in [0, 0.1) is 5.92 Å². The van der Waals surface area contributed by atoms with Gasteiger partial charge in [-0.2, -0.15) is 0 Å². The molecule has 8 rings (SSSR count). The fourth-order valence-corrected chi connectivity index (χ4v) is 8.58. The number of nitrogens with zero attached hydrogens (tertiary/aromatic N) is 1. The van der Waals surface area contributed by atoms with Crippen molar-refractivity contribution in [1.29, 1.82) is 0 Å². The van der Waals surface area contributed by atoms with Crippen molar-refractivity contribution in [2.75, 3.05) is 6.61 Å². The third kappa shape index (κ3) is 7.17. The first-order valence-corrected chi connectivity index (χ1v) is 20.4. The predicted molar refractivity (Wildman–Crippen MR) is 223 cm³/mol. The lowest BCUT2D eigenvalue weighted by Gasteiger charge is -2.13. The number of ether oxygens (including phenoxy) is 1. The molecule has 0 bridgehead atoms. The third-order valence-corrected chi connectivity index (χ3v) is 11.2. The van der Waals surface area contributed by atoms with Crippen LogP contribution < -0.4 is 20.7 Å². The molecule has 2 aliphatic rings. The van der Waals surface area contributed by atoms with Gasteiger partial charge in [0.05, 0.1) is 12.1 Å². The number of carbonyl (C=O) groups excluding carboxylic acids is 3. The highest BCUT2D eigenvalue weighted by molar-refractivity contribution is 6.02. The number of aromatic amines is 2. The molecule has 5 N–H and O–H groups in total. The number of amides is 3. The highest BCUT2D eigenvalue weighted by atomic mass is 16.5. The van der Waals surface area contributed by atoms with Gasteiger partial charge in [-0.1, -0.05) is 37.3 Å². The van der Waals surface area contributed by atoms with Gasteiger partial charge in [-0.25, -0.2) is 0 Å². The molecule has 4 atom stereocenters. The van der Waals surface area contributed by atoms with E-state index in [9.17, 15) is 14.4 Å². The number of carbonyl (C=O) groups is 3. The van der Waals surface area contributed by atoms with Crippen LogP contribution in [0.25, 0.3) is 32.7 Å². The zero-order chi connectivity index (χ0) is 39.4. The van der Waals surface area contributed by atoms with Crippen molar-refractivity contribution in [1.82, 2.24) is 30.5 Å². The first kappa shape index (κ1) is 37.4. The van der Waals surface area contributed by atoms with Crippen LogP contribution >= 0.6 is 0 Å². The number of nitrogens with one attached hydrogen (secondary N) is 5. The van der Waals surface area contributed by atoms with Gasteiger partial charge in [0.25, 0.3) is 17.7 Å². The molecule has 3 heterocycles. The van der Waals surface area contributed by atoms with E-state index in [2.05, 4.69) is 85.9 Å². The molecule has 292 valence electrons. The molecule has 56 heavy (non-hydrogen) atoms. The summed E-state index contributed by atoms with van der Waals surface area (Å²) in [4.78, 5) is 46.6. The van der Waals surface area contributed by atoms with Crippen molar-refractivity contribution in [2.45, 2.75) is 110 Å².